The van der Waals surface area contributed by atoms with Crippen molar-refractivity contribution in [2.75, 3.05) is 0 Å². The van der Waals surface area contributed by atoms with E-state index in [0.29, 0.717) is 0 Å². The van der Waals surface area contributed by atoms with Crippen LogP contribution < -0.4 is 4.57 Å². The summed E-state index contributed by atoms with van der Waals surface area (Å²) < 4.78 is 2.44. The second-order valence-electron chi connectivity index (χ2n) is 7.92. The lowest BCUT2D eigenvalue weighted by atomic mass is 10.1. The number of nitrogens with zero attached hydrogens (tertiary/aromatic N) is 1. The number of nitrogens with one attached hydrogen (secondary N) is 1. The molecule has 1 N–H and O–H groups in total. The molecule has 0 amide bonds. The fraction of sp³-hybridized carbons (Fsp3) is 0.864. The van der Waals surface area contributed by atoms with Crippen molar-refractivity contribution in [3.05, 3.63) is 18.2 Å². The van der Waals surface area contributed by atoms with E-state index in [0.717, 1.165) is 5.92 Å². The Morgan fingerprint density at radius 3 is 2.00 bits per heavy atom. The summed E-state index contributed by atoms with van der Waals surface area (Å²) in [4.78, 5) is 3.43. The fourth-order valence-corrected chi connectivity index (χ4v) is 3.45. The lowest BCUT2D eigenvalue weighted by Crippen LogP contribution is -2.36. The van der Waals surface area contributed by atoms with Crippen LogP contribution in [0.4, 0.5) is 0 Å². The van der Waals surface area contributed by atoms with E-state index in [1.807, 2.05) is 0 Å². The normalized spacial score (nSPS) is 11.5. The van der Waals surface area contributed by atoms with Crippen LogP contribution in [-0.4, -0.2) is 4.98 Å². The molecular formula is C22H43N2+. The third-order valence-electron chi connectivity index (χ3n) is 5.05. The van der Waals surface area contributed by atoms with E-state index in [2.05, 4.69) is 42.7 Å². The molecule has 1 aromatic rings. The first-order valence-corrected chi connectivity index (χ1v) is 10.8. The molecule has 0 fully saturated rings. The summed E-state index contributed by atoms with van der Waals surface area (Å²) >= 11 is 0. The molecular weight excluding hydrogens is 292 g/mol. The van der Waals surface area contributed by atoms with Gasteiger partial charge in [0.2, 0.25) is 0 Å². The number of aryl methyl sites for hydroxylation is 2. The molecule has 2 nitrogen and oxygen atoms in total. The molecule has 0 aliphatic heterocycles. The molecule has 2 heteroatoms. The van der Waals surface area contributed by atoms with Gasteiger partial charge < -0.3 is 0 Å². The predicted octanol–water partition coefficient (Wildman–Crippen LogP) is 6.59. The average molecular weight is 336 g/mol. The Kier molecular flexibility index (Phi) is 12.9. The minimum atomic E-state index is 0.819. The Morgan fingerprint density at radius 2 is 1.42 bits per heavy atom. The van der Waals surface area contributed by atoms with E-state index in [4.69, 9.17) is 0 Å². The van der Waals surface area contributed by atoms with Crippen LogP contribution in [0.15, 0.2) is 12.4 Å². The van der Waals surface area contributed by atoms with E-state index in [9.17, 15) is 0 Å². The molecule has 0 saturated heterocycles. The van der Waals surface area contributed by atoms with Gasteiger partial charge in [0.05, 0.1) is 6.54 Å². The van der Waals surface area contributed by atoms with E-state index < -0.39 is 0 Å². The maximum atomic E-state index is 3.43. The topological polar surface area (TPSA) is 19.7 Å². The van der Waals surface area contributed by atoms with Crippen molar-refractivity contribution in [3.63, 3.8) is 0 Å². The first-order chi connectivity index (χ1) is 11.7. The zero-order chi connectivity index (χ0) is 17.5. The summed E-state index contributed by atoms with van der Waals surface area (Å²) in [6.07, 6.45) is 23.8. The molecule has 140 valence electrons. The molecule has 0 atom stereocenters. The van der Waals surface area contributed by atoms with Crippen molar-refractivity contribution >= 4 is 0 Å². The van der Waals surface area contributed by atoms with Crippen LogP contribution in [0.1, 0.15) is 110 Å². The molecule has 0 radical (unpaired) electrons. The Labute approximate surface area is 151 Å². The molecule has 0 bridgehead atoms. The first kappa shape index (κ1) is 21.3. The van der Waals surface area contributed by atoms with Crippen molar-refractivity contribution in [1.82, 2.24) is 4.98 Å². The highest BCUT2D eigenvalue weighted by molar-refractivity contribution is 4.77. The van der Waals surface area contributed by atoms with Gasteiger partial charge in [-0.05, 0) is 25.2 Å². The van der Waals surface area contributed by atoms with E-state index in [-0.39, 0.29) is 0 Å². The number of aromatic amines is 1. The Morgan fingerprint density at radius 1 is 0.833 bits per heavy atom. The van der Waals surface area contributed by atoms with Crippen molar-refractivity contribution in [2.45, 2.75) is 117 Å². The Bertz CT molecular complexity index is 381. The van der Waals surface area contributed by atoms with Gasteiger partial charge in [-0.15, -0.1) is 0 Å². The third kappa shape index (κ3) is 10.9. The van der Waals surface area contributed by atoms with Gasteiger partial charge >= 0.3 is 0 Å². The van der Waals surface area contributed by atoms with Gasteiger partial charge in [0.1, 0.15) is 12.4 Å². The molecule has 0 aliphatic carbocycles. The zero-order valence-electron chi connectivity index (χ0n) is 16.8. The van der Waals surface area contributed by atoms with Crippen LogP contribution in [0.2, 0.25) is 0 Å². The van der Waals surface area contributed by atoms with Gasteiger partial charge in [-0.3, -0.25) is 0 Å². The second-order valence-corrected chi connectivity index (χ2v) is 7.92. The van der Waals surface area contributed by atoms with Crippen LogP contribution >= 0.6 is 0 Å². The van der Waals surface area contributed by atoms with E-state index in [1.54, 1.807) is 0 Å². The predicted molar refractivity (Wildman–Crippen MR) is 105 cm³/mol. The highest BCUT2D eigenvalue weighted by atomic mass is 15.1. The highest BCUT2D eigenvalue weighted by Gasteiger charge is 2.10. The number of hydrogen-bond acceptors (Lipinski definition) is 0. The minimum Gasteiger partial charge on any atom is -0.248 e. The summed E-state index contributed by atoms with van der Waals surface area (Å²) in [5.41, 5.74) is 0. The second kappa shape index (κ2) is 14.5. The summed E-state index contributed by atoms with van der Waals surface area (Å²) in [5, 5.41) is 0. The van der Waals surface area contributed by atoms with Crippen LogP contribution in [0, 0.1) is 5.92 Å². The number of rotatable bonds is 16. The molecule has 1 aromatic heterocycles. The van der Waals surface area contributed by atoms with Gasteiger partial charge in [0.15, 0.2) is 0 Å². The van der Waals surface area contributed by atoms with Crippen molar-refractivity contribution in [2.24, 2.45) is 5.92 Å². The fourth-order valence-electron chi connectivity index (χ4n) is 3.45. The Balaban J connectivity index is 1.97. The number of H-pyrrole nitrogens is 1. The molecule has 0 unspecified atom stereocenters. The van der Waals surface area contributed by atoms with Crippen LogP contribution in [0.25, 0.3) is 0 Å². The van der Waals surface area contributed by atoms with Crippen molar-refractivity contribution < 1.29 is 4.57 Å². The zero-order valence-corrected chi connectivity index (χ0v) is 16.8. The SMILES string of the molecule is CCCCCCCCCCCCC[n+]1cc[nH]c1CCCC(C)C. The highest BCUT2D eigenvalue weighted by Crippen LogP contribution is 2.11. The largest absolute Gasteiger partial charge is 0.254 e. The summed E-state index contributed by atoms with van der Waals surface area (Å²) in [5.74, 6) is 2.24. The Hall–Kier alpha value is -0.790. The number of imidazole rings is 1. The molecule has 24 heavy (non-hydrogen) atoms. The lowest BCUT2D eigenvalue weighted by molar-refractivity contribution is -0.703. The number of aromatic nitrogens is 2. The van der Waals surface area contributed by atoms with Gasteiger partial charge in [-0.2, -0.15) is 0 Å². The monoisotopic (exact) mass is 335 g/mol. The van der Waals surface area contributed by atoms with Gasteiger partial charge in [0.25, 0.3) is 5.82 Å². The standard InChI is InChI=1S/C22H42N2/c1-4-5-6-7-8-9-10-11-12-13-14-19-24-20-18-23-22(24)17-15-16-21(2)3/h18,20-21H,4-17,19H2,1-3H3/p+1. The van der Waals surface area contributed by atoms with Gasteiger partial charge in [0, 0.05) is 6.42 Å². The van der Waals surface area contributed by atoms with E-state index in [1.165, 1.54) is 102 Å². The van der Waals surface area contributed by atoms with Crippen LogP contribution in [-0.2, 0) is 13.0 Å². The average Bonchev–Trinajstić information content (AvgIpc) is 3.00. The lowest BCUT2D eigenvalue weighted by Gasteiger charge is -2.04. The quantitative estimate of drug-likeness (QED) is 0.260. The first-order valence-electron chi connectivity index (χ1n) is 10.8. The summed E-state index contributed by atoms with van der Waals surface area (Å²) in [7, 11) is 0. The van der Waals surface area contributed by atoms with Crippen LogP contribution in [0.5, 0.6) is 0 Å². The molecule has 0 spiro atoms. The summed E-state index contributed by atoms with van der Waals surface area (Å²) in [6.45, 7) is 8.11. The maximum absolute atomic E-state index is 3.43. The molecule has 0 aromatic carbocycles. The van der Waals surface area contributed by atoms with Crippen molar-refractivity contribution in [3.8, 4) is 0 Å². The maximum Gasteiger partial charge on any atom is 0.254 e. The van der Waals surface area contributed by atoms with Gasteiger partial charge in [-0.25, -0.2) is 9.55 Å². The van der Waals surface area contributed by atoms with Gasteiger partial charge in [-0.1, -0.05) is 85.0 Å². The number of unbranched alkanes of at least 4 members (excludes halogenated alkanes) is 10. The molecule has 0 saturated carbocycles. The smallest absolute Gasteiger partial charge is 0.248 e. The molecule has 1 heterocycles. The third-order valence-corrected chi connectivity index (χ3v) is 5.05. The molecule has 0 aliphatic rings. The minimum absolute atomic E-state index is 0.819. The summed E-state index contributed by atoms with van der Waals surface area (Å²) in [6, 6.07) is 0. The van der Waals surface area contributed by atoms with Crippen LogP contribution in [0.3, 0.4) is 0 Å². The van der Waals surface area contributed by atoms with Crippen molar-refractivity contribution in [1.29, 1.82) is 0 Å². The number of hydrogen-bond donors (Lipinski definition) is 1. The van der Waals surface area contributed by atoms with E-state index >= 15 is 0 Å². The molecule has 1 rings (SSSR count).